The van der Waals surface area contributed by atoms with Gasteiger partial charge in [-0.1, -0.05) is 14.4 Å². The second-order valence-corrected chi connectivity index (χ2v) is 2.92. The predicted octanol–water partition coefficient (Wildman–Crippen LogP) is 2.57. The topological polar surface area (TPSA) is 18.5 Å². The molecule has 0 bridgehead atoms. The highest BCUT2D eigenvalue weighted by molar-refractivity contribution is 4.66. The van der Waals surface area contributed by atoms with Gasteiger partial charge in [-0.05, 0) is 26.7 Å². The number of ether oxygens (including phenoxy) is 2. The fourth-order valence-corrected chi connectivity index (χ4v) is 1.37. The molecule has 1 fully saturated rings. The molecule has 68 valence electrons. The van der Waals surface area contributed by atoms with E-state index >= 15 is 0 Å². The van der Waals surface area contributed by atoms with E-state index in [1.165, 1.54) is 0 Å². The van der Waals surface area contributed by atoms with Gasteiger partial charge < -0.3 is 9.47 Å². The quantitative estimate of drug-likeness (QED) is 0.587. The van der Waals surface area contributed by atoms with Crippen LogP contribution in [0.25, 0.3) is 0 Å². The van der Waals surface area contributed by atoms with Crippen molar-refractivity contribution in [1.82, 2.24) is 0 Å². The van der Waals surface area contributed by atoms with E-state index < -0.39 is 0 Å². The third-order valence-corrected chi connectivity index (χ3v) is 1.86. The molecule has 2 nitrogen and oxygen atoms in total. The zero-order valence-electron chi connectivity index (χ0n) is 6.96. The lowest BCUT2D eigenvalue weighted by Crippen LogP contribution is -2.34. The van der Waals surface area contributed by atoms with Gasteiger partial charge in [-0.3, -0.25) is 0 Å². The van der Waals surface area contributed by atoms with Crippen molar-refractivity contribution < 1.29 is 9.47 Å². The van der Waals surface area contributed by atoms with Crippen LogP contribution in [-0.2, 0) is 9.47 Å². The molecule has 0 aromatic heterocycles. The Morgan fingerprint density at radius 3 is 2.36 bits per heavy atom. The van der Waals surface area contributed by atoms with E-state index in [1.54, 1.807) is 0 Å². The Balaban J connectivity index is 0.000001000. The van der Waals surface area contributed by atoms with Gasteiger partial charge in [0.15, 0.2) is 6.29 Å². The Hall–Kier alpha value is -0.0800. The van der Waals surface area contributed by atoms with Gasteiger partial charge in [0, 0.05) is 0 Å². The van der Waals surface area contributed by atoms with E-state index in [4.69, 9.17) is 9.47 Å². The van der Waals surface area contributed by atoms with Gasteiger partial charge in [0.1, 0.15) is 0 Å². The molecule has 0 saturated carbocycles. The average molecular weight is 160 g/mol. The van der Waals surface area contributed by atoms with Gasteiger partial charge in [0.2, 0.25) is 0 Å². The first-order valence-corrected chi connectivity index (χ1v) is 4.03. The van der Waals surface area contributed by atoms with Crippen LogP contribution in [0.4, 0.5) is 0 Å². The SMILES string of the molecule is C.CCC1CC(C)OC(C)O1. The molecule has 0 aliphatic carbocycles. The van der Waals surface area contributed by atoms with Gasteiger partial charge >= 0.3 is 0 Å². The van der Waals surface area contributed by atoms with Crippen molar-refractivity contribution in [1.29, 1.82) is 0 Å². The van der Waals surface area contributed by atoms with Crippen molar-refractivity contribution in [3.63, 3.8) is 0 Å². The van der Waals surface area contributed by atoms with Crippen LogP contribution in [0.15, 0.2) is 0 Å². The smallest absolute Gasteiger partial charge is 0.155 e. The van der Waals surface area contributed by atoms with Crippen LogP contribution in [0.1, 0.15) is 41.0 Å². The van der Waals surface area contributed by atoms with E-state index in [0.29, 0.717) is 12.2 Å². The molecule has 3 atom stereocenters. The lowest BCUT2D eigenvalue weighted by atomic mass is 10.1. The minimum atomic E-state index is -0.00583. The largest absolute Gasteiger partial charge is 0.350 e. The summed E-state index contributed by atoms with van der Waals surface area (Å²) in [5.74, 6) is 0. The zero-order chi connectivity index (χ0) is 7.56. The first-order valence-electron chi connectivity index (χ1n) is 4.03. The summed E-state index contributed by atoms with van der Waals surface area (Å²) in [5.41, 5.74) is 0. The average Bonchev–Trinajstić information content (AvgIpc) is 1.85. The van der Waals surface area contributed by atoms with Gasteiger partial charge in [-0.25, -0.2) is 0 Å². The lowest BCUT2D eigenvalue weighted by molar-refractivity contribution is -0.229. The molecule has 1 saturated heterocycles. The Morgan fingerprint density at radius 1 is 1.27 bits per heavy atom. The summed E-state index contributed by atoms with van der Waals surface area (Å²) in [6.07, 6.45) is 2.92. The molecule has 3 unspecified atom stereocenters. The van der Waals surface area contributed by atoms with Crippen molar-refractivity contribution in [2.75, 3.05) is 0 Å². The first-order chi connectivity index (χ1) is 4.72. The van der Waals surface area contributed by atoms with Crippen molar-refractivity contribution in [2.24, 2.45) is 0 Å². The normalized spacial score (nSPS) is 37.9. The van der Waals surface area contributed by atoms with Crippen molar-refractivity contribution in [3.8, 4) is 0 Å². The molecule has 1 rings (SSSR count). The standard InChI is InChI=1S/C8H16O2.CH4/c1-4-8-5-6(2)9-7(3)10-8;/h6-8H,4-5H2,1-3H3;1H4. The second kappa shape index (κ2) is 4.73. The fraction of sp³-hybridized carbons (Fsp3) is 1.00. The molecule has 1 aliphatic rings. The molecular weight excluding hydrogens is 140 g/mol. The number of rotatable bonds is 1. The number of hydrogen-bond acceptors (Lipinski definition) is 2. The van der Waals surface area contributed by atoms with Gasteiger partial charge in [-0.15, -0.1) is 0 Å². The van der Waals surface area contributed by atoms with Gasteiger partial charge in [0.25, 0.3) is 0 Å². The van der Waals surface area contributed by atoms with Crippen LogP contribution < -0.4 is 0 Å². The Morgan fingerprint density at radius 2 is 1.91 bits per heavy atom. The molecule has 1 heterocycles. The second-order valence-electron chi connectivity index (χ2n) is 2.92. The molecular formula is C9H20O2. The molecule has 0 aromatic rings. The lowest BCUT2D eigenvalue weighted by Gasteiger charge is -2.31. The summed E-state index contributed by atoms with van der Waals surface area (Å²) in [6, 6.07) is 0. The molecule has 0 spiro atoms. The molecule has 11 heavy (non-hydrogen) atoms. The van der Waals surface area contributed by atoms with E-state index in [-0.39, 0.29) is 13.7 Å². The maximum Gasteiger partial charge on any atom is 0.155 e. The Bertz CT molecular complexity index is 93.7. The zero-order valence-corrected chi connectivity index (χ0v) is 6.96. The van der Waals surface area contributed by atoms with E-state index in [2.05, 4.69) is 13.8 Å². The fourth-order valence-electron chi connectivity index (χ4n) is 1.37. The summed E-state index contributed by atoms with van der Waals surface area (Å²) in [7, 11) is 0. The minimum absolute atomic E-state index is 0. The van der Waals surface area contributed by atoms with Crippen LogP contribution in [-0.4, -0.2) is 18.5 Å². The molecule has 0 radical (unpaired) electrons. The maximum absolute atomic E-state index is 5.48. The highest BCUT2D eigenvalue weighted by Crippen LogP contribution is 2.19. The molecule has 1 aliphatic heterocycles. The van der Waals surface area contributed by atoms with Gasteiger partial charge in [0.05, 0.1) is 12.2 Å². The first kappa shape index (κ1) is 10.9. The summed E-state index contributed by atoms with van der Waals surface area (Å²) in [5, 5.41) is 0. The summed E-state index contributed by atoms with van der Waals surface area (Å²) < 4.78 is 10.9. The summed E-state index contributed by atoms with van der Waals surface area (Å²) in [6.45, 7) is 6.20. The van der Waals surface area contributed by atoms with Crippen LogP contribution in [0.3, 0.4) is 0 Å². The Labute approximate surface area is 69.9 Å². The van der Waals surface area contributed by atoms with Crippen molar-refractivity contribution in [2.45, 2.75) is 59.5 Å². The van der Waals surface area contributed by atoms with E-state index in [0.717, 1.165) is 12.8 Å². The van der Waals surface area contributed by atoms with Crippen molar-refractivity contribution in [3.05, 3.63) is 0 Å². The van der Waals surface area contributed by atoms with Crippen LogP contribution in [0, 0.1) is 0 Å². The molecule has 0 amide bonds. The number of hydrogen-bond donors (Lipinski definition) is 0. The summed E-state index contributed by atoms with van der Waals surface area (Å²) in [4.78, 5) is 0. The van der Waals surface area contributed by atoms with E-state index in [1.807, 2.05) is 6.92 Å². The third-order valence-electron chi connectivity index (χ3n) is 1.86. The van der Waals surface area contributed by atoms with Crippen LogP contribution in [0.5, 0.6) is 0 Å². The van der Waals surface area contributed by atoms with E-state index in [9.17, 15) is 0 Å². The molecule has 0 N–H and O–H groups in total. The Kier molecular flexibility index (Phi) is 4.69. The minimum Gasteiger partial charge on any atom is -0.350 e. The van der Waals surface area contributed by atoms with Crippen LogP contribution >= 0.6 is 0 Å². The maximum atomic E-state index is 5.48. The highest BCUT2D eigenvalue weighted by atomic mass is 16.7. The third kappa shape index (κ3) is 3.21. The monoisotopic (exact) mass is 160 g/mol. The molecule has 0 aromatic carbocycles. The van der Waals surface area contributed by atoms with Crippen molar-refractivity contribution >= 4 is 0 Å². The van der Waals surface area contributed by atoms with Gasteiger partial charge in [-0.2, -0.15) is 0 Å². The predicted molar refractivity (Wildman–Crippen MR) is 46.5 cm³/mol. The molecule has 2 heteroatoms. The summed E-state index contributed by atoms with van der Waals surface area (Å²) >= 11 is 0. The van der Waals surface area contributed by atoms with Crippen LogP contribution in [0.2, 0.25) is 0 Å². The highest BCUT2D eigenvalue weighted by Gasteiger charge is 2.22.